The molecule has 2 rings (SSSR count). The van der Waals surface area contributed by atoms with E-state index in [1.54, 1.807) is 22.3 Å². The smallest absolute Gasteiger partial charge is 0.00252 e. The van der Waals surface area contributed by atoms with Gasteiger partial charge in [-0.15, -0.1) is 0 Å². The van der Waals surface area contributed by atoms with Crippen LogP contribution >= 0.6 is 0 Å². The lowest BCUT2D eigenvalue weighted by atomic mass is 9.77. The van der Waals surface area contributed by atoms with Crippen LogP contribution in [0.15, 0.2) is 23.3 Å². The van der Waals surface area contributed by atoms with E-state index < -0.39 is 0 Å². The molecule has 0 aromatic heterocycles. The van der Waals surface area contributed by atoms with Crippen molar-refractivity contribution in [1.82, 2.24) is 0 Å². The molecular formula is C15H20. The first kappa shape index (κ1) is 10.5. The molecule has 1 atom stereocenters. The molecule has 0 amide bonds. The van der Waals surface area contributed by atoms with Crippen molar-refractivity contribution in [2.24, 2.45) is 0 Å². The highest BCUT2D eigenvalue weighted by molar-refractivity contribution is 5.49. The van der Waals surface area contributed by atoms with Crippen molar-refractivity contribution in [2.75, 3.05) is 0 Å². The standard InChI is InChI=1S/C15H20/c1-9-6-11(3)15-13(5)12(4)10(2)8-14(15)7-9/h6-7,13H,8H2,1-5H3. The van der Waals surface area contributed by atoms with Gasteiger partial charge in [0, 0.05) is 5.92 Å². The lowest BCUT2D eigenvalue weighted by Gasteiger charge is -2.27. The Bertz CT molecular complexity index is 436. The van der Waals surface area contributed by atoms with Gasteiger partial charge in [0.25, 0.3) is 0 Å². The fraction of sp³-hybridized carbons (Fsp3) is 0.467. The maximum atomic E-state index is 2.36. The van der Waals surface area contributed by atoms with Gasteiger partial charge in [-0.25, -0.2) is 0 Å². The molecule has 0 nitrogen and oxygen atoms in total. The minimum Gasteiger partial charge on any atom is -0.0694 e. The maximum absolute atomic E-state index is 2.36. The Labute approximate surface area is 93.0 Å². The topological polar surface area (TPSA) is 0 Å². The second-order valence-corrected chi connectivity index (χ2v) is 5.02. The van der Waals surface area contributed by atoms with Gasteiger partial charge < -0.3 is 0 Å². The molecule has 0 saturated carbocycles. The average Bonchev–Trinajstić information content (AvgIpc) is 2.13. The molecule has 0 saturated heterocycles. The summed E-state index contributed by atoms with van der Waals surface area (Å²) < 4.78 is 0. The molecule has 1 aliphatic carbocycles. The molecule has 80 valence electrons. The molecule has 0 radical (unpaired) electrons. The molecule has 1 aliphatic rings. The number of fused-ring (bicyclic) bond motifs is 1. The van der Waals surface area contributed by atoms with E-state index >= 15 is 0 Å². The number of rotatable bonds is 0. The first-order chi connectivity index (χ1) is 7.00. The number of hydrogen-bond donors (Lipinski definition) is 0. The third-order valence-electron chi connectivity index (χ3n) is 3.83. The number of hydrogen-bond acceptors (Lipinski definition) is 0. The minimum atomic E-state index is 0.606. The third-order valence-corrected chi connectivity index (χ3v) is 3.83. The van der Waals surface area contributed by atoms with Gasteiger partial charge in [-0.2, -0.15) is 0 Å². The molecule has 0 N–H and O–H groups in total. The van der Waals surface area contributed by atoms with Crippen molar-refractivity contribution in [3.8, 4) is 0 Å². The quantitative estimate of drug-likeness (QED) is 0.548. The summed E-state index contributed by atoms with van der Waals surface area (Å²) in [7, 11) is 0. The van der Waals surface area contributed by atoms with Crippen molar-refractivity contribution in [3.63, 3.8) is 0 Å². The highest BCUT2D eigenvalue weighted by Crippen LogP contribution is 2.37. The van der Waals surface area contributed by atoms with Gasteiger partial charge in [0.15, 0.2) is 0 Å². The summed E-state index contributed by atoms with van der Waals surface area (Å²) in [6.07, 6.45) is 1.15. The predicted molar refractivity (Wildman–Crippen MR) is 66.4 cm³/mol. The number of aryl methyl sites for hydroxylation is 2. The molecule has 0 aliphatic heterocycles. The lowest BCUT2D eigenvalue weighted by molar-refractivity contribution is 0.802. The first-order valence-electron chi connectivity index (χ1n) is 5.77. The van der Waals surface area contributed by atoms with Gasteiger partial charge in [-0.1, -0.05) is 35.8 Å². The Balaban J connectivity index is 2.62. The summed E-state index contributed by atoms with van der Waals surface area (Å²) >= 11 is 0. The second-order valence-electron chi connectivity index (χ2n) is 5.02. The molecule has 0 heteroatoms. The summed E-state index contributed by atoms with van der Waals surface area (Å²) in [6.45, 7) is 11.3. The van der Waals surface area contributed by atoms with Crippen molar-refractivity contribution in [3.05, 3.63) is 45.5 Å². The van der Waals surface area contributed by atoms with Crippen molar-refractivity contribution < 1.29 is 0 Å². The van der Waals surface area contributed by atoms with Gasteiger partial charge in [-0.05, 0) is 50.8 Å². The molecule has 0 fully saturated rings. The third kappa shape index (κ3) is 1.62. The van der Waals surface area contributed by atoms with Crippen LogP contribution in [0.2, 0.25) is 0 Å². The van der Waals surface area contributed by atoms with Crippen LogP contribution in [-0.4, -0.2) is 0 Å². The van der Waals surface area contributed by atoms with Crippen molar-refractivity contribution in [2.45, 2.75) is 47.0 Å². The van der Waals surface area contributed by atoms with Crippen LogP contribution in [0.1, 0.15) is 48.9 Å². The number of allylic oxidation sites excluding steroid dienone is 2. The zero-order chi connectivity index (χ0) is 11.2. The van der Waals surface area contributed by atoms with Gasteiger partial charge in [0.1, 0.15) is 0 Å². The zero-order valence-electron chi connectivity index (χ0n) is 10.4. The summed E-state index contributed by atoms with van der Waals surface area (Å²) in [4.78, 5) is 0. The fourth-order valence-electron chi connectivity index (χ4n) is 2.84. The molecule has 0 bridgehead atoms. The van der Waals surface area contributed by atoms with E-state index in [1.165, 1.54) is 11.1 Å². The van der Waals surface area contributed by atoms with Crippen molar-refractivity contribution >= 4 is 0 Å². The molecule has 0 spiro atoms. The van der Waals surface area contributed by atoms with Crippen LogP contribution in [-0.2, 0) is 6.42 Å². The highest BCUT2D eigenvalue weighted by Gasteiger charge is 2.21. The fourth-order valence-corrected chi connectivity index (χ4v) is 2.84. The van der Waals surface area contributed by atoms with E-state index in [0.29, 0.717) is 5.92 Å². The lowest BCUT2D eigenvalue weighted by Crippen LogP contribution is -2.12. The largest absolute Gasteiger partial charge is 0.0694 e. The van der Waals surface area contributed by atoms with Crippen molar-refractivity contribution in [1.29, 1.82) is 0 Å². The van der Waals surface area contributed by atoms with Crippen LogP contribution in [0.3, 0.4) is 0 Å². The van der Waals surface area contributed by atoms with Crippen LogP contribution in [0.5, 0.6) is 0 Å². The molecule has 1 aromatic rings. The summed E-state index contributed by atoms with van der Waals surface area (Å²) in [5.74, 6) is 0.606. The maximum Gasteiger partial charge on any atom is 0.00252 e. The Morgan fingerprint density at radius 1 is 1.07 bits per heavy atom. The summed E-state index contributed by atoms with van der Waals surface area (Å²) in [6, 6.07) is 4.66. The number of benzene rings is 1. The van der Waals surface area contributed by atoms with Crippen LogP contribution in [0, 0.1) is 13.8 Å². The average molecular weight is 200 g/mol. The zero-order valence-corrected chi connectivity index (χ0v) is 10.4. The van der Waals surface area contributed by atoms with E-state index in [-0.39, 0.29) is 0 Å². The van der Waals surface area contributed by atoms with Crippen LogP contribution in [0.25, 0.3) is 0 Å². The second kappa shape index (κ2) is 3.52. The molecule has 1 aromatic carbocycles. The van der Waals surface area contributed by atoms with E-state index in [9.17, 15) is 0 Å². The van der Waals surface area contributed by atoms with Crippen LogP contribution < -0.4 is 0 Å². The SMILES string of the molecule is CC1=C(C)C(C)c2c(C)cc(C)cc2C1. The Morgan fingerprint density at radius 2 is 1.73 bits per heavy atom. The monoisotopic (exact) mass is 200 g/mol. The van der Waals surface area contributed by atoms with Crippen LogP contribution in [0.4, 0.5) is 0 Å². The Kier molecular flexibility index (Phi) is 2.46. The molecule has 0 heterocycles. The summed E-state index contributed by atoms with van der Waals surface area (Å²) in [5, 5.41) is 0. The van der Waals surface area contributed by atoms with E-state index in [0.717, 1.165) is 6.42 Å². The Hall–Kier alpha value is -1.04. The van der Waals surface area contributed by atoms with E-state index in [2.05, 4.69) is 46.8 Å². The summed E-state index contributed by atoms with van der Waals surface area (Å²) in [5.41, 5.74) is 9.09. The predicted octanol–water partition coefficient (Wildman–Crippen LogP) is 4.30. The van der Waals surface area contributed by atoms with Gasteiger partial charge in [0.05, 0.1) is 0 Å². The van der Waals surface area contributed by atoms with Gasteiger partial charge in [0.2, 0.25) is 0 Å². The molecule has 1 unspecified atom stereocenters. The van der Waals surface area contributed by atoms with Gasteiger partial charge in [-0.3, -0.25) is 0 Å². The Morgan fingerprint density at radius 3 is 2.40 bits per heavy atom. The van der Waals surface area contributed by atoms with E-state index in [1.807, 2.05) is 0 Å². The van der Waals surface area contributed by atoms with Gasteiger partial charge >= 0.3 is 0 Å². The molecular weight excluding hydrogens is 180 g/mol. The highest BCUT2D eigenvalue weighted by atomic mass is 14.3. The van der Waals surface area contributed by atoms with E-state index in [4.69, 9.17) is 0 Å². The molecule has 15 heavy (non-hydrogen) atoms. The minimum absolute atomic E-state index is 0.606. The normalized spacial score (nSPS) is 20.5. The first-order valence-corrected chi connectivity index (χ1v) is 5.77.